The SMILES string of the molecule is Cn1c(Nc2ccc(Cl)c(C(F)(F)F)c2)nc2cc(Oc3ccnc(C(=O)NCCc4ccncc4)c3)ccc21. The molecule has 0 radical (unpaired) electrons. The molecular weight excluding hydrogens is 545 g/mol. The average molecular weight is 567 g/mol. The number of pyridine rings is 2. The highest BCUT2D eigenvalue weighted by Crippen LogP contribution is 2.37. The summed E-state index contributed by atoms with van der Waals surface area (Å²) in [7, 11) is 1.74. The first-order valence-corrected chi connectivity index (χ1v) is 12.5. The summed E-state index contributed by atoms with van der Waals surface area (Å²) in [6.07, 6.45) is 0.960. The summed E-state index contributed by atoms with van der Waals surface area (Å²) < 4.78 is 47.4. The number of halogens is 4. The van der Waals surface area contributed by atoms with Crippen molar-refractivity contribution >= 4 is 40.2 Å². The largest absolute Gasteiger partial charge is 0.457 e. The molecule has 40 heavy (non-hydrogen) atoms. The maximum Gasteiger partial charge on any atom is 0.417 e. The van der Waals surface area contributed by atoms with E-state index in [2.05, 4.69) is 25.6 Å². The Labute approximate surface area is 231 Å². The quantitative estimate of drug-likeness (QED) is 0.221. The number of amides is 1. The molecule has 2 aromatic carbocycles. The number of carbonyl (C=O) groups is 1. The Balaban J connectivity index is 1.28. The number of anilines is 2. The smallest absolute Gasteiger partial charge is 0.417 e. The van der Waals surface area contributed by atoms with Crippen molar-refractivity contribution in [3.63, 3.8) is 0 Å². The number of hydrogen-bond acceptors (Lipinski definition) is 6. The summed E-state index contributed by atoms with van der Waals surface area (Å²) in [6, 6.07) is 15.7. The number of aryl methyl sites for hydroxylation is 1. The topological polar surface area (TPSA) is 94.0 Å². The molecule has 0 bridgehead atoms. The highest BCUT2D eigenvalue weighted by Gasteiger charge is 2.33. The van der Waals surface area contributed by atoms with Crippen molar-refractivity contribution in [3.8, 4) is 11.5 Å². The highest BCUT2D eigenvalue weighted by atomic mass is 35.5. The van der Waals surface area contributed by atoms with Crippen molar-refractivity contribution in [2.75, 3.05) is 11.9 Å². The van der Waals surface area contributed by atoms with E-state index < -0.39 is 11.7 Å². The fourth-order valence-electron chi connectivity index (χ4n) is 4.00. The number of rotatable bonds is 8. The lowest BCUT2D eigenvalue weighted by atomic mass is 10.2. The second kappa shape index (κ2) is 11.2. The second-order valence-electron chi connectivity index (χ2n) is 8.80. The Hall–Kier alpha value is -4.64. The number of benzene rings is 2. The average Bonchev–Trinajstić information content (AvgIpc) is 3.23. The number of ether oxygens (including phenoxy) is 1. The lowest BCUT2D eigenvalue weighted by Gasteiger charge is -2.12. The number of nitrogens with one attached hydrogen (secondary N) is 2. The summed E-state index contributed by atoms with van der Waals surface area (Å²) in [5.41, 5.74) is 1.80. The minimum Gasteiger partial charge on any atom is -0.457 e. The van der Waals surface area contributed by atoms with Gasteiger partial charge >= 0.3 is 6.18 Å². The molecule has 0 aliphatic rings. The maximum atomic E-state index is 13.3. The summed E-state index contributed by atoms with van der Waals surface area (Å²) in [5, 5.41) is 5.37. The van der Waals surface area contributed by atoms with Crippen LogP contribution in [0.4, 0.5) is 24.8 Å². The lowest BCUT2D eigenvalue weighted by Crippen LogP contribution is -2.26. The highest BCUT2D eigenvalue weighted by molar-refractivity contribution is 6.31. The van der Waals surface area contributed by atoms with Gasteiger partial charge in [0.2, 0.25) is 5.95 Å². The fraction of sp³-hybridized carbons (Fsp3) is 0.143. The van der Waals surface area contributed by atoms with Crippen LogP contribution in [-0.2, 0) is 19.6 Å². The van der Waals surface area contributed by atoms with Crippen LogP contribution in [-0.4, -0.2) is 32.0 Å². The Morgan fingerprint density at radius 2 is 1.77 bits per heavy atom. The fourth-order valence-corrected chi connectivity index (χ4v) is 4.22. The lowest BCUT2D eigenvalue weighted by molar-refractivity contribution is -0.137. The molecule has 0 aliphatic carbocycles. The molecule has 1 amide bonds. The van der Waals surface area contributed by atoms with Gasteiger partial charge in [0.1, 0.15) is 17.2 Å². The van der Waals surface area contributed by atoms with Crippen molar-refractivity contribution in [2.24, 2.45) is 7.05 Å². The first-order valence-electron chi connectivity index (χ1n) is 12.1. The molecule has 0 fully saturated rings. The summed E-state index contributed by atoms with van der Waals surface area (Å²) in [6.45, 7) is 0.440. The van der Waals surface area contributed by atoms with Gasteiger partial charge in [-0.05, 0) is 60.5 Å². The van der Waals surface area contributed by atoms with Gasteiger partial charge in [-0.3, -0.25) is 14.8 Å². The van der Waals surface area contributed by atoms with E-state index in [0.29, 0.717) is 35.9 Å². The third-order valence-electron chi connectivity index (χ3n) is 6.03. The molecule has 0 spiro atoms. The van der Waals surface area contributed by atoms with Crippen LogP contribution in [0, 0.1) is 0 Å². The maximum absolute atomic E-state index is 13.3. The Morgan fingerprint density at radius 1 is 1.00 bits per heavy atom. The van der Waals surface area contributed by atoms with E-state index in [1.165, 1.54) is 24.4 Å². The van der Waals surface area contributed by atoms with Gasteiger partial charge in [0.15, 0.2) is 0 Å². The molecule has 2 N–H and O–H groups in total. The van der Waals surface area contributed by atoms with E-state index in [1.807, 2.05) is 12.1 Å². The van der Waals surface area contributed by atoms with Crippen molar-refractivity contribution in [1.82, 2.24) is 24.8 Å². The third kappa shape index (κ3) is 6.15. The normalized spacial score (nSPS) is 11.4. The van der Waals surface area contributed by atoms with E-state index in [-0.39, 0.29) is 22.3 Å². The van der Waals surface area contributed by atoms with Crippen molar-refractivity contribution in [2.45, 2.75) is 12.6 Å². The minimum absolute atomic E-state index is 0.190. The number of fused-ring (bicyclic) bond motifs is 1. The van der Waals surface area contributed by atoms with Gasteiger partial charge in [0, 0.05) is 50.0 Å². The molecule has 8 nitrogen and oxygen atoms in total. The summed E-state index contributed by atoms with van der Waals surface area (Å²) >= 11 is 5.73. The molecule has 0 aliphatic heterocycles. The van der Waals surface area contributed by atoms with Crippen LogP contribution >= 0.6 is 11.6 Å². The summed E-state index contributed by atoms with van der Waals surface area (Å²) in [4.78, 5) is 25.2. The van der Waals surface area contributed by atoms with Crippen LogP contribution in [0.3, 0.4) is 0 Å². The monoisotopic (exact) mass is 566 g/mol. The molecule has 0 unspecified atom stereocenters. The van der Waals surface area contributed by atoms with Gasteiger partial charge < -0.3 is 19.9 Å². The van der Waals surface area contributed by atoms with E-state index in [9.17, 15) is 18.0 Å². The zero-order valence-electron chi connectivity index (χ0n) is 21.0. The van der Waals surface area contributed by atoms with Crippen molar-refractivity contribution in [3.05, 3.63) is 101 Å². The molecule has 0 saturated heterocycles. The third-order valence-corrected chi connectivity index (χ3v) is 6.36. The summed E-state index contributed by atoms with van der Waals surface area (Å²) in [5.74, 6) is 0.866. The van der Waals surface area contributed by atoms with Gasteiger partial charge in [-0.25, -0.2) is 4.98 Å². The number of carbonyl (C=O) groups excluding carboxylic acids is 1. The van der Waals surface area contributed by atoms with E-state index >= 15 is 0 Å². The molecule has 5 aromatic rings. The van der Waals surface area contributed by atoms with Crippen LogP contribution in [0.25, 0.3) is 11.0 Å². The first kappa shape index (κ1) is 26.9. The predicted molar refractivity (Wildman–Crippen MR) is 145 cm³/mol. The van der Waals surface area contributed by atoms with Gasteiger partial charge in [0.25, 0.3) is 5.91 Å². The van der Waals surface area contributed by atoms with Gasteiger partial charge in [0.05, 0.1) is 21.6 Å². The second-order valence-corrected chi connectivity index (χ2v) is 9.21. The van der Waals surface area contributed by atoms with Crippen LogP contribution < -0.4 is 15.4 Å². The number of imidazole rings is 1. The molecule has 0 atom stereocenters. The molecule has 5 rings (SSSR count). The van der Waals surface area contributed by atoms with Gasteiger partial charge in [-0.15, -0.1) is 0 Å². The van der Waals surface area contributed by atoms with Crippen LogP contribution in [0.15, 0.2) is 79.3 Å². The number of hydrogen-bond donors (Lipinski definition) is 2. The zero-order chi connectivity index (χ0) is 28.3. The standard InChI is InChI=1S/C28H22ClF3N6O2/c1-38-25-5-3-19(15-23(25)37-27(38)36-18-2-4-22(29)21(14-18)28(30,31)32)40-20-9-13-34-24(16-20)26(39)35-12-8-17-6-10-33-11-7-17/h2-7,9-11,13-16H,8,12H2,1H3,(H,35,39)(H,36,37). The number of aromatic nitrogens is 4. The molecular formula is C28H22ClF3N6O2. The van der Waals surface area contributed by atoms with Crippen LogP contribution in [0.1, 0.15) is 21.6 Å². The molecule has 0 saturated carbocycles. The molecule has 3 heterocycles. The van der Waals surface area contributed by atoms with Crippen LogP contribution in [0.5, 0.6) is 11.5 Å². The Bertz CT molecular complexity index is 1670. The number of nitrogens with zero attached hydrogens (tertiary/aromatic N) is 4. The molecule has 204 valence electrons. The van der Waals surface area contributed by atoms with Crippen molar-refractivity contribution in [1.29, 1.82) is 0 Å². The van der Waals surface area contributed by atoms with E-state index in [4.69, 9.17) is 16.3 Å². The molecule has 3 aromatic heterocycles. The Morgan fingerprint density at radius 3 is 2.55 bits per heavy atom. The number of alkyl halides is 3. The van der Waals surface area contributed by atoms with Gasteiger partial charge in [-0.1, -0.05) is 11.6 Å². The van der Waals surface area contributed by atoms with E-state index in [0.717, 1.165) is 17.1 Å². The van der Waals surface area contributed by atoms with Crippen molar-refractivity contribution < 1.29 is 22.7 Å². The zero-order valence-corrected chi connectivity index (χ0v) is 21.8. The van der Waals surface area contributed by atoms with E-state index in [1.54, 1.807) is 48.3 Å². The first-order chi connectivity index (χ1) is 19.2. The predicted octanol–water partition coefficient (Wildman–Crippen LogP) is 6.54. The Kier molecular flexibility index (Phi) is 7.56. The van der Waals surface area contributed by atoms with Crippen LogP contribution in [0.2, 0.25) is 5.02 Å². The van der Waals surface area contributed by atoms with Gasteiger partial charge in [-0.2, -0.15) is 13.2 Å². The molecule has 12 heteroatoms. The minimum atomic E-state index is -4.58.